The normalized spacial score (nSPS) is 16.0. The summed E-state index contributed by atoms with van der Waals surface area (Å²) < 4.78 is 10.5. The minimum atomic E-state index is -0.552. The molecule has 1 aliphatic carbocycles. The highest BCUT2D eigenvalue weighted by Gasteiger charge is 2.46. The van der Waals surface area contributed by atoms with Gasteiger partial charge in [-0.05, 0) is 39.7 Å². The van der Waals surface area contributed by atoms with E-state index < -0.39 is 17.1 Å². The van der Waals surface area contributed by atoms with Crippen molar-refractivity contribution in [2.45, 2.75) is 44.6 Å². The van der Waals surface area contributed by atoms with Crippen LogP contribution in [0.4, 0.5) is 10.5 Å². The summed E-state index contributed by atoms with van der Waals surface area (Å²) in [6.45, 7) is 5.41. The molecule has 0 bridgehead atoms. The fourth-order valence-electron chi connectivity index (χ4n) is 2.19. The summed E-state index contributed by atoms with van der Waals surface area (Å²) in [4.78, 5) is 23.0. The lowest BCUT2D eigenvalue weighted by Gasteiger charge is -2.20. The Labute approximate surface area is 124 Å². The fraction of sp³-hybridized carbons (Fsp3) is 0.500. The SMILES string of the molecule is COc1cc(NC(=O)OC(C)(C)C)ccc1C1(C=O)CC1. The Morgan fingerprint density at radius 1 is 1.33 bits per heavy atom. The number of anilines is 1. The van der Waals surface area contributed by atoms with Crippen LogP contribution in [-0.2, 0) is 14.9 Å². The summed E-state index contributed by atoms with van der Waals surface area (Å²) in [7, 11) is 1.55. The minimum Gasteiger partial charge on any atom is -0.496 e. The van der Waals surface area contributed by atoms with E-state index in [1.165, 1.54) is 0 Å². The molecule has 0 aliphatic heterocycles. The molecule has 5 nitrogen and oxygen atoms in total. The van der Waals surface area contributed by atoms with E-state index in [4.69, 9.17) is 9.47 Å². The zero-order valence-corrected chi connectivity index (χ0v) is 12.9. The van der Waals surface area contributed by atoms with Gasteiger partial charge in [-0.15, -0.1) is 0 Å². The second kappa shape index (κ2) is 5.39. The average molecular weight is 291 g/mol. The van der Waals surface area contributed by atoms with E-state index in [1.807, 2.05) is 6.07 Å². The standard InChI is InChI=1S/C16H21NO4/c1-15(2,3)21-14(19)17-11-5-6-12(13(9-11)20-4)16(10-18)7-8-16/h5-6,9-10H,7-8H2,1-4H3,(H,17,19). The van der Waals surface area contributed by atoms with E-state index in [0.29, 0.717) is 11.4 Å². The van der Waals surface area contributed by atoms with Gasteiger partial charge in [0, 0.05) is 17.3 Å². The van der Waals surface area contributed by atoms with Crippen LogP contribution in [-0.4, -0.2) is 25.1 Å². The van der Waals surface area contributed by atoms with Crippen LogP contribution in [0, 0.1) is 0 Å². The molecule has 5 heteroatoms. The van der Waals surface area contributed by atoms with Crippen molar-refractivity contribution < 1.29 is 19.1 Å². The van der Waals surface area contributed by atoms with Crippen molar-refractivity contribution in [1.82, 2.24) is 0 Å². The second-order valence-corrected chi connectivity index (χ2v) is 6.32. The molecule has 0 radical (unpaired) electrons. The van der Waals surface area contributed by atoms with Gasteiger partial charge in [-0.25, -0.2) is 4.79 Å². The molecule has 1 N–H and O–H groups in total. The lowest BCUT2D eigenvalue weighted by atomic mass is 9.96. The second-order valence-electron chi connectivity index (χ2n) is 6.32. The lowest BCUT2D eigenvalue weighted by molar-refractivity contribution is -0.109. The average Bonchev–Trinajstić information content (AvgIpc) is 3.17. The van der Waals surface area contributed by atoms with Crippen molar-refractivity contribution >= 4 is 18.1 Å². The van der Waals surface area contributed by atoms with E-state index in [0.717, 1.165) is 24.7 Å². The maximum Gasteiger partial charge on any atom is 0.412 e. The zero-order valence-electron chi connectivity index (χ0n) is 12.9. The van der Waals surface area contributed by atoms with Crippen molar-refractivity contribution in [1.29, 1.82) is 0 Å². The van der Waals surface area contributed by atoms with Crippen molar-refractivity contribution in [2.75, 3.05) is 12.4 Å². The first-order chi connectivity index (χ1) is 9.79. The highest BCUT2D eigenvalue weighted by molar-refractivity contribution is 5.86. The van der Waals surface area contributed by atoms with E-state index in [2.05, 4.69) is 5.32 Å². The number of hydrogen-bond donors (Lipinski definition) is 1. The molecule has 0 heterocycles. The van der Waals surface area contributed by atoms with Crippen molar-refractivity contribution in [3.63, 3.8) is 0 Å². The maximum absolute atomic E-state index is 11.7. The molecule has 2 rings (SSSR count). The van der Waals surface area contributed by atoms with E-state index in [-0.39, 0.29) is 0 Å². The van der Waals surface area contributed by atoms with Gasteiger partial charge in [0.05, 0.1) is 12.5 Å². The van der Waals surface area contributed by atoms with Gasteiger partial charge in [0.1, 0.15) is 17.6 Å². The Kier molecular flexibility index (Phi) is 3.94. The monoisotopic (exact) mass is 291 g/mol. The molecule has 1 fully saturated rings. The summed E-state index contributed by atoms with van der Waals surface area (Å²) in [5.74, 6) is 0.605. The molecule has 1 aliphatic rings. The Bertz CT molecular complexity index is 556. The molecule has 1 aromatic carbocycles. The Balaban J connectivity index is 2.16. The predicted molar refractivity (Wildman–Crippen MR) is 79.8 cm³/mol. The molecular weight excluding hydrogens is 270 g/mol. The van der Waals surface area contributed by atoms with Crippen LogP contribution in [0.2, 0.25) is 0 Å². The van der Waals surface area contributed by atoms with Gasteiger partial charge in [-0.3, -0.25) is 5.32 Å². The number of aldehydes is 1. The summed E-state index contributed by atoms with van der Waals surface area (Å²) in [5.41, 5.74) is 0.487. The molecule has 0 aromatic heterocycles. The van der Waals surface area contributed by atoms with Gasteiger partial charge in [-0.2, -0.15) is 0 Å². The van der Waals surface area contributed by atoms with Crippen LogP contribution >= 0.6 is 0 Å². The third-order valence-electron chi connectivity index (χ3n) is 3.40. The van der Waals surface area contributed by atoms with Gasteiger partial charge in [0.2, 0.25) is 0 Å². The first-order valence-corrected chi connectivity index (χ1v) is 6.94. The van der Waals surface area contributed by atoms with Crippen LogP contribution in [0.15, 0.2) is 18.2 Å². The summed E-state index contributed by atoms with van der Waals surface area (Å²) in [6, 6.07) is 5.29. The Hall–Kier alpha value is -2.04. The molecule has 1 saturated carbocycles. The quantitative estimate of drug-likeness (QED) is 0.865. The van der Waals surface area contributed by atoms with Gasteiger partial charge in [-0.1, -0.05) is 6.07 Å². The number of nitrogens with one attached hydrogen (secondary N) is 1. The summed E-state index contributed by atoms with van der Waals surface area (Å²) in [6.07, 6.45) is 2.14. The van der Waals surface area contributed by atoms with Crippen molar-refractivity contribution in [3.8, 4) is 5.75 Å². The van der Waals surface area contributed by atoms with Crippen molar-refractivity contribution in [3.05, 3.63) is 23.8 Å². The molecule has 0 spiro atoms. The smallest absolute Gasteiger partial charge is 0.412 e. The third-order valence-corrected chi connectivity index (χ3v) is 3.40. The largest absolute Gasteiger partial charge is 0.496 e. The van der Waals surface area contributed by atoms with E-state index >= 15 is 0 Å². The van der Waals surface area contributed by atoms with E-state index in [1.54, 1.807) is 40.0 Å². The number of hydrogen-bond acceptors (Lipinski definition) is 4. The minimum absolute atomic E-state index is 0.407. The zero-order chi connectivity index (χ0) is 15.7. The van der Waals surface area contributed by atoms with Gasteiger partial charge < -0.3 is 14.3 Å². The lowest BCUT2D eigenvalue weighted by Crippen LogP contribution is -2.27. The molecule has 21 heavy (non-hydrogen) atoms. The number of methoxy groups -OCH3 is 1. The predicted octanol–water partition coefficient (Wildman–Crippen LogP) is 3.27. The molecule has 1 aromatic rings. The van der Waals surface area contributed by atoms with Crippen LogP contribution in [0.3, 0.4) is 0 Å². The third kappa shape index (κ3) is 3.54. The molecule has 114 valence electrons. The number of rotatable bonds is 4. The van der Waals surface area contributed by atoms with Crippen LogP contribution in [0.25, 0.3) is 0 Å². The van der Waals surface area contributed by atoms with Crippen LogP contribution in [0.5, 0.6) is 5.75 Å². The Morgan fingerprint density at radius 2 is 2.00 bits per heavy atom. The molecule has 1 amide bonds. The fourth-order valence-corrected chi connectivity index (χ4v) is 2.19. The van der Waals surface area contributed by atoms with Gasteiger partial charge in [0.25, 0.3) is 0 Å². The first kappa shape index (κ1) is 15.4. The van der Waals surface area contributed by atoms with Crippen molar-refractivity contribution in [2.24, 2.45) is 0 Å². The van der Waals surface area contributed by atoms with Gasteiger partial charge in [0.15, 0.2) is 0 Å². The summed E-state index contributed by atoms with van der Waals surface area (Å²) >= 11 is 0. The molecule has 0 saturated heterocycles. The highest BCUT2D eigenvalue weighted by atomic mass is 16.6. The number of ether oxygens (including phenoxy) is 2. The van der Waals surface area contributed by atoms with Crippen LogP contribution in [0.1, 0.15) is 39.2 Å². The number of carbonyl (C=O) groups excluding carboxylic acids is 2. The first-order valence-electron chi connectivity index (χ1n) is 6.94. The Morgan fingerprint density at radius 3 is 2.48 bits per heavy atom. The molecular formula is C16H21NO4. The summed E-state index contributed by atoms with van der Waals surface area (Å²) in [5, 5.41) is 2.66. The topological polar surface area (TPSA) is 64.6 Å². The molecule has 0 atom stereocenters. The number of carbonyl (C=O) groups is 2. The number of benzene rings is 1. The number of amides is 1. The molecule has 0 unspecified atom stereocenters. The highest BCUT2D eigenvalue weighted by Crippen LogP contribution is 2.50. The maximum atomic E-state index is 11.7. The van der Waals surface area contributed by atoms with Gasteiger partial charge >= 0.3 is 6.09 Å². The van der Waals surface area contributed by atoms with E-state index in [9.17, 15) is 9.59 Å². The van der Waals surface area contributed by atoms with Crippen LogP contribution < -0.4 is 10.1 Å².